The number of nitrogens with one attached hydrogen (secondary N) is 1. The number of benzene rings is 2. The fraction of sp³-hybridized carbons (Fsp3) is 0.185. The Labute approximate surface area is 215 Å². The van der Waals surface area contributed by atoms with Crippen LogP contribution in [0, 0.1) is 6.92 Å². The molecule has 178 valence electrons. The number of methoxy groups -OCH3 is 2. The van der Waals surface area contributed by atoms with Gasteiger partial charge in [0.25, 0.3) is 0 Å². The lowest BCUT2D eigenvalue weighted by Gasteiger charge is -2.30. The molecule has 0 bridgehead atoms. The molecule has 0 saturated carbocycles. The zero-order chi connectivity index (χ0) is 24.5. The van der Waals surface area contributed by atoms with Gasteiger partial charge in [-0.25, -0.2) is 0 Å². The van der Waals surface area contributed by atoms with E-state index in [1.165, 1.54) is 0 Å². The topological polar surface area (TPSA) is 51.5 Å². The number of hydrogen-bond acceptors (Lipinski definition) is 4. The largest absolute Gasteiger partial charge is 0.497 e. The first-order valence-electron chi connectivity index (χ1n) is 11.2. The molecule has 0 unspecified atom stereocenters. The van der Waals surface area contributed by atoms with Crippen molar-refractivity contribution < 1.29 is 9.47 Å². The SMILES string of the molecule is COc1ccc(N2C(=S)N[C@H](c3ccccn3)[C@@H]2c2cccn2-c2ccc(Cl)c(C)c2)c(OC)c1. The highest BCUT2D eigenvalue weighted by Crippen LogP contribution is 2.45. The Morgan fingerprint density at radius 1 is 1.00 bits per heavy atom. The second kappa shape index (κ2) is 9.60. The lowest BCUT2D eigenvalue weighted by Crippen LogP contribution is -2.30. The first kappa shape index (κ1) is 23.2. The summed E-state index contributed by atoms with van der Waals surface area (Å²) in [4.78, 5) is 6.75. The minimum Gasteiger partial charge on any atom is -0.497 e. The Morgan fingerprint density at radius 2 is 1.86 bits per heavy atom. The van der Waals surface area contributed by atoms with Crippen molar-refractivity contribution in [2.75, 3.05) is 19.1 Å². The van der Waals surface area contributed by atoms with Gasteiger partial charge in [0.1, 0.15) is 17.5 Å². The summed E-state index contributed by atoms with van der Waals surface area (Å²) in [7, 11) is 3.28. The molecule has 5 rings (SSSR count). The molecule has 1 saturated heterocycles. The second-order valence-electron chi connectivity index (χ2n) is 8.27. The maximum atomic E-state index is 6.32. The highest BCUT2D eigenvalue weighted by molar-refractivity contribution is 7.80. The number of rotatable bonds is 6. The van der Waals surface area contributed by atoms with E-state index in [0.29, 0.717) is 16.6 Å². The van der Waals surface area contributed by atoms with Crippen molar-refractivity contribution in [3.8, 4) is 17.2 Å². The van der Waals surface area contributed by atoms with Crippen LogP contribution < -0.4 is 19.7 Å². The maximum Gasteiger partial charge on any atom is 0.174 e. The van der Waals surface area contributed by atoms with Gasteiger partial charge < -0.3 is 24.3 Å². The molecule has 0 radical (unpaired) electrons. The van der Waals surface area contributed by atoms with Crippen LogP contribution in [0.15, 0.2) is 79.1 Å². The van der Waals surface area contributed by atoms with Crippen LogP contribution in [0.4, 0.5) is 5.69 Å². The average molecular weight is 505 g/mol. The number of hydrogen-bond donors (Lipinski definition) is 1. The molecular formula is C27H25ClN4O2S. The first-order chi connectivity index (χ1) is 17.0. The van der Waals surface area contributed by atoms with Gasteiger partial charge in [0, 0.05) is 34.9 Å². The molecule has 0 amide bonds. The average Bonchev–Trinajstić information content (AvgIpc) is 3.50. The predicted molar refractivity (Wildman–Crippen MR) is 143 cm³/mol. The lowest BCUT2D eigenvalue weighted by molar-refractivity contribution is 0.394. The molecule has 0 aliphatic carbocycles. The van der Waals surface area contributed by atoms with E-state index in [1.807, 2.05) is 61.5 Å². The molecule has 6 nitrogen and oxygen atoms in total. The van der Waals surface area contributed by atoms with E-state index in [-0.39, 0.29) is 12.1 Å². The van der Waals surface area contributed by atoms with Crippen LogP contribution in [-0.4, -0.2) is 28.9 Å². The molecule has 8 heteroatoms. The van der Waals surface area contributed by atoms with Gasteiger partial charge in [-0.05, 0) is 79.3 Å². The molecule has 1 N–H and O–H groups in total. The van der Waals surface area contributed by atoms with E-state index in [0.717, 1.165) is 33.3 Å². The standard InChI is InChI=1S/C27H25ClN4O2S/c1-17-15-18(9-11-20(17)28)31-14-6-8-23(31)26-25(21-7-4-5-13-29-21)30-27(35)32(26)22-12-10-19(33-2)16-24(22)34-3/h4-16,25-26H,1-3H3,(H,30,35)/t25-,26+/m1/s1. The van der Waals surface area contributed by atoms with Crippen molar-refractivity contribution in [1.82, 2.24) is 14.9 Å². The summed E-state index contributed by atoms with van der Waals surface area (Å²) in [6, 6.07) is 21.5. The molecule has 4 aromatic rings. The van der Waals surface area contributed by atoms with Crippen LogP contribution in [0.5, 0.6) is 11.5 Å². The number of pyridine rings is 1. The van der Waals surface area contributed by atoms with Crippen LogP contribution in [0.2, 0.25) is 5.02 Å². The number of halogens is 1. The third-order valence-electron chi connectivity index (χ3n) is 6.25. The molecule has 2 aromatic heterocycles. The Bertz CT molecular complexity index is 1370. The van der Waals surface area contributed by atoms with E-state index < -0.39 is 0 Å². The number of aryl methyl sites for hydroxylation is 1. The van der Waals surface area contributed by atoms with E-state index in [1.54, 1.807) is 20.4 Å². The Hall–Kier alpha value is -3.55. The maximum absolute atomic E-state index is 6.32. The number of anilines is 1. The summed E-state index contributed by atoms with van der Waals surface area (Å²) in [6.45, 7) is 2.01. The van der Waals surface area contributed by atoms with Gasteiger partial charge in [-0.15, -0.1) is 0 Å². The molecule has 1 aliphatic heterocycles. The predicted octanol–water partition coefficient (Wildman–Crippen LogP) is 6.03. The van der Waals surface area contributed by atoms with E-state index in [2.05, 4.69) is 38.1 Å². The van der Waals surface area contributed by atoms with Crippen LogP contribution >= 0.6 is 23.8 Å². The van der Waals surface area contributed by atoms with Gasteiger partial charge in [-0.3, -0.25) is 4.98 Å². The summed E-state index contributed by atoms with van der Waals surface area (Å²) in [5.74, 6) is 1.38. The van der Waals surface area contributed by atoms with Crippen molar-refractivity contribution in [1.29, 1.82) is 0 Å². The quantitative estimate of drug-likeness (QED) is 0.324. The first-order valence-corrected chi connectivity index (χ1v) is 12.0. The molecule has 3 heterocycles. The van der Waals surface area contributed by atoms with Gasteiger partial charge in [0.15, 0.2) is 5.11 Å². The van der Waals surface area contributed by atoms with Gasteiger partial charge in [0.2, 0.25) is 0 Å². The summed E-state index contributed by atoms with van der Waals surface area (Å²) in [6.07, 6.45) is 3.85. The van der Waals surface area contributed by atoms with Gasteiger partial charge in [0.05, 0.1) is 31.6 Å². The molecule has 0 spiro atoms. The van der Waals surface area contributed by atoms with Crippen LogP contribution in [0.25, 0.3) is 5.69 Å². The van der Waals surface area contributed by atoms with E-state index in [9.17, 15) is 0 Å². The van der Waals surface area contributed by atoms with Crippen LogP contribution in [-0.2, 0) is 0 Å². The van der Waals surface area contributed by atoms with Crippen molar-refractivity contribution in [3.05, 3.63) is 101 Å². The number of aromatic nitrogens is 2. The summed E-state index contributed by atoms with van der Waals surface area (Å²) in [5.41, 5.74) is 4.82. The van der Waals surface area contributed by atoms with Gasteiger partial charge in [-0.1, -0.05) is 17.7 Å². The Balaban J connectivity index is 1.69. The van der Waals surface area contributed by atoms with Gasteiger partial charge >= 0.3 is 0 Å². The molecule has 2 atom stereocenters. The monoisotopic (exact) mass is 504 g/mol. The molecule has 1 fully saturated rings. The summed E-state index contributed by atoms with van der Waals surface area (Å²) >= 11 is 12.2. The van der Waals surface area contributed by atoms with Crippen LogP contribution in [0.3, 0.4) is 0 Å². The van der Waals surface area contributed by atoms with E-state index in [4.69, 9.17) is 33.3 Å². The third-order valence-corrected chi connectivity index (χ3v) is 6.99. The summed E-state index contributed by atoms with van der Waals surface area (Å²) in [5, 5.41) is 4.84. The van der Waals surface area contributed by atoms with Crippen molar-refractivity contribution in [2.24, 2.45) is 0 Å². The third kappa shape index (κ3) is 4.22. The number of thiocarbonyl (C=S) groups is 1. The zero-order valence-electron chi connectivity index (χ0n) is 19.6. The van der Waals surface area contributed by atoms with Gasteiger partial charge in [-0.2, -0.15) is 0 Å². The molecule has 1 aliphatic rings. The smallest absolute Gasteiger partial charge is 0.174 e. The molecular weight excluding hydrogens is 480 g/mol. The van der Waals surface area contributed by atoms with Crippen LogP contribution in [0.1, 0.15) is 29.0 Å². The van der Waals surface area contributed by atoms with Crippen molar-refractivity contribution >= 4 is 34.6 Å². The molecule has 35 heavy (non-hydrogen) atoms. The fourth-order valence-corrected chi connectivity index (χ4v) is 5.00. The normalized spacial score (nSPS) is 17.4. The number of ether oxygens (including phenoxy) is 2. The Morgan fingerprint density at radius 3 is 2.57 bits per heavy atom. The highest BCUT2D eigenvalue weighted by atomic mass is 35.5. The fourth-order valence-electron chi connectivity index (χ4n) is 4.55. The highest BCUT2D eigenvalue weighted by Gasteiger charge is 2.43. The van der Waals surface area contributed by atoms with Crippen molar-refractivity contribution in [3.63, 3.8) is 0 Å². The minimum atomic E-state index is -0.203. The molecule has 2 aromatic carbocycles. The van der Waals surface area contributed by atoms with E-state index >= 15 is 0 Å². The summed E-state index contributed by atoms with van der Waals surface area (Å²) < 4.78 is 13.3. The second-order valence-corrected chi connectivity index (χ2v) is 9.06. The Kier molecular flexibility index (Phi) is 6.36. The zero-order valence-corrected chi connectivity index (χ0v) is 21.2. The van der Waals surface area contributed by atoms with Crippen molar-refractivity contribution in [2.45, 2.75) is 19.0 Å². The lowest BCUT2D eigenvalue weighted by atomic mass is 10.0. The minimum absolute atomic E-state index is 0.183. The number of nitrogens with zero attached hydrogens (tertiary/aromatic N) is 3.